The Labute approximate surface area is 140 Å². The van der Waals surface area contributed by atoms with Gasteiger partial charge in [-0.3, -0.25) is 9.59 Å². The second-order valence-electron chi connectivity index (χ2n) is 5.06. The zero-order valence-corrected chi connectivity index (χ0v) is 13.5. The fraction of sp³-hybridized carbons (Fsp3) is 0.158. The quantitative estimate of drug-likeness (QED) is 0.480. The number of allylic oxidation sites excluding steroid dienone is 1. The Balaban J connectivity index is 2.00. The van der Waals surface area contributed by atoms with Gasteiger partial charge in [0.25, 0.3) is 0 Å². The minimum absolute atomic E-state index is 0.0238. The molecule has 0 unspecified atom stereocenters. The number of carbonyl (C=O) groups excluding carboxylic acids is 2. The minimum atomic E-state index is -0.303. The number of aromatic hydroxyl groups is 1. The van der Waals surface area contributed by atoms with Gasteiger partial charge in [-0.1, -0.05) is 12.1 Å². The Hall–Kier alpha value is -3.08. The van der Waals surface area contributed by atoms with Crippen molar-refractivity contribution in [1.29, 1.82) is 0 Å². The molecule has 0 aliphatic carbocycles. The molecule has 0 amide bonds. The molecule has 0 fully saturated rings. The third-order valence-corrected chi connectivity index (χ3v) is 3.41. The van der Waals surface area contributed by atoms with Crippen molar-refractivity contribution in [2.24, 2.45) is 0 Å². The van der Waals surface area contributed by atoms with Crippen molar-refractivity contribution in [1.82, 2.24) is 0 Å². The number of ketones is 2. The number of phenolic OH excluding ortho intramolecular Hbond substituents is 1. The molecule has 0 spiro atoms. The SMILES string of the molecule is COc1ccc(C(=O)CC(=O)C=Cc2ccc(O)c(OC)c2)cc1. The van der Waals surface area contributed by atoms with Crippen molar-refractivity contribution in [3.05, 3.63) is 59.7 Å². The highest BCUT2D eigenvalue weighted by Gasteiger charge is 2.10. The summed E-state index contributed by atoms with van der Waals surface area (Å²) in [5.74, 6) is 0.437. The van der Waals surface area contributed by atoms with E-state index in [2.05, 4.69) is 0 Å². The largest absolute Gasteiger partial charge is 0.504 e. The topological polar surface area (TPSA) is 72.8 Å². The summed E-state index contributed by atoms with van der Waals surface area (Å²) in [6, 6.07) is 11.3. The number of rotatable bonds is 7. The highest BCUT2D eigenvalue weighted by atomic mass is 16.5. The van der Waals surface area contributed by atoms with Gasteiger partial charge in [-0.05, 0) is 48.0 Å². The summed E-state index contributed by atoms with van der Waals surface area (Å²) < 4.78 is 10.0. The van der Waals surface area contributed by atoms with Crippen LogP contribution < -0.4 is 9.47 Å². The molecular formula is C19H18O5. The van der Waals surface area contributed by atoms with Crippen LogP contribution in [-0.4, -0.2) is 30.9 Å². The van der Waals surface area contributed by atoms with Gasteiger partial charge >= 0.3 is 0 Å². The first-order chi connectivity index (χ1) is 11.5. The lowest BCUT2D eigenvalue weighted by Crippen LogP contribution is -2.05. The number of hydrogen-bond acceptors (Lipinski definition) is 5. The summed E-state index contributed by atoms with van der Waals surface area (Å²) in [4.78, 5) is 24.0. The average molecular weight is 326 g/mol. The number of methoxy groups -OCH3 is 2. The number of Topliss-reactive ketones (excluding diaryl/α,β-unsaturated/α-hetero) is 1. The van der Waals surface area contributed by atoms with E-state index in [-0.39, 0.29) is 23.7 Å². The van der Waals surface area contributed by atoms with Crippen LogP contribution in [0, 0.1) is 0 Å². The highest BCUT2D eigenvalue weighted by Crippen LogP contribution is 2.26. The third-order valence-electron chi connectivity index (χ3n) is 3.41. The standard InChI is InChI=1S/C19H18O5/c1-23-16-8-5-14(6-9-16)18(22)12-15(20)7-3-13-4-10-17(21)19(11-13)24-2/h3-11,21H,12H2,1-2H3. The number of ether oxygens (including phenoxy) is 2. The van der Waals surface area contributed by atoms with Crippen molar-refractivity contribution in [2.45, 2.75) is 6.42 Å². The van der Waals surface area contributed by atoms with Gasteiger partial charge in [0.15, 0.2) is 23.1 Å². The average Bonchev–Trinajstić information content (AvgIpc) is 2.61. The maximum absolute atomic E-state index is 12.1. The van der Waals surface area contributed by atoms with Crippen LogP contribution in [-0.2, 0) is 4.79 Å². The van der Waals surface area contributed by atoms with Gasteiger partial charge in [0, 0.05) is 5.56 Å². The fourth-order valence-corrected chi connectivity index (χ4v) is 2.08. The molecule has 5 nitrogen and oxygen atoms in total. The van der Waals surface area contributed by atoms with Crippen molar-refractivity contribution >= 4 is 17.6 Å². The smallest absolute Gasteiger partial charge is 0.170 e. The normalized spacial score (nSPS) is 10.6. The summed E-state index contributed by atoms with van der Waals surface area (Å²) >= 11 is 0. The van der Waals surface area contributed by atoms with Crippen LogP contribution >= 0.6 is 0 Å². The molecule has 2 rings (SSSR count). The van der Waals surface area contributed by atoms with E-state index in [4.69, 9.17) is 9.47 Å². The number of benzene rings is 2. The second-order valence-corrected chi connectivity index (χ2v) is 5.06. The van der Waals surface area contributed by atoms with E-state index in [9.17, 15) is 14.7 Å². The molecule has 0 aliphatic heterocycles. The molecule has 0 heterocycles. The zero-order valence-electron chi connectivity index (χ0n) is 13.5. The molecular weight excluding hydrogens is 308 g/mol. The van der Waals surface area contributed by atoms with Crippen molar-refractivity contribution < 1.29 is 24.2 Å². The van der Waals surface area contributed by atoms with E-state index < -0.39 is 0 Å². The Morgan fingerprint density at radius 3 is 2.38 bits per heavy atom. The lowest BCUT2D eigenvalue weighted by Gasteiger charge is -2.03. The Bertz CT molecular complexity index is 760. The lowest BCUT2D eigenvalue weighted by molar-refractivity contribution is -0.113. The van der Waals surface area contributed by atoms with Crippen LogP contribution in [0.5, 0.6) is 17.2 Å². The van der Waals surface area contributed by atoms with Gasteiger partial charge in [0.05, 0.1) is 20.6 Å². The molecule has 0 atom stereocenters. The van der Waals surface area contributed by atoms with Gasteiger partial charge in [-0.2, -0.15) is 0 Å². The van der Waals surface area contributed by atoms with Gasteiger partial charge in [-0.15, -0.1) is 0 Å². The predicted octanol–water partition coefficient (Wildman–Crippen LogP) is 3.26. The van der Waals surface area contributed by atoms with Crippen molar-refractivity contribution in [2.75, 3.05) is 14.2 Å². The molecule has 5 heteroatoms. The summed E-state index contributed by atoms with van der Waals surface area (Å²) in [7, 11) is 2.99. The van der Waals surface area contributed by atoms with Crippen molar-refractivity contribution in [3.8, 4) is 17.2 Å². The van der Waals surface area contributed by atoms with E-state index in [0.717, 1.165) is 0 Å². The first kappa shape index (κ1) is 17.3. The molecule has 2 aromatic rings. The highest BCUT2D eigenvalue weighted by molar-refractivity contribution is 6.12. The first-order valence-electron chi connectivity index (χ1n) is 7.28. The van der Waals surface area contributed by atoms with Crippen molar-refractivity contribution in [3.63, 3.8) is 0 Å². The molecule has 24 heavy (non-hydrogen) atoms. The van der Waals surface area contributed by atoms with E-state index in [1.807, 2.05) is 0 Å². The van der Waals surface area contributed by atoms with E-state index in [1.165, 1.54) is 19.3 Å². The Kier molecular flexibility index (Phi) is 5.73. The number of phenols is 1. The zero-order chi connectivity index (χ0) is 17.5. The molecule has 0 bridgehead atoms. The van der Waals surface area contributed by atoms with Gasteiger partial charge in [0.2, 0.25) is 0 Å². The van der Waals surface area contributed by atoms with E-state index in [1.54, 1.807) is 49.6 Å². The molecule has 0 aromatic heterocycles. The molecule has 0 radical (unpaired) electrons. The van der Waals surface area contributed by atoms with Crippen LogP contribution in [0.3, 0.4) is 0 Å². The van der Waals surface area contributed by atoms with Gasteiger partial charge < -0.3 is 14.6 Å². The molecule has 2 aromatic carbocycles. The van der Waals surface area contributed by atoms with Crippen LogP contribution in [0.15, 0.2) is 48.5 Å². The summed E-state index contributed by atoms with van der Waals surface area (Å²) in [6.07, 6.45) is 2.71. The van der Waals surface area contributed by atoms with E-state index >= 15 is 0 Å². The van der Waals surface area contributed by atoms with Crippen LogP contribution in [0.4, 0.5) is 0 Å². The Morgan fingerprint density at radius 1 is 1.04 bits per heavy atom. The Morgan fingerprint density at radius 2 is 1.75 bits per heavy atom. The number of carbonyl (C=O) groups is 2. The van der Waals surface area contributed by atoms with Crippen LogP contribution in [0.25, 0.3) is 6.08 Å². The minimum Gasteiger partial charge on any atom is -0.504 e. The predicted molar refractivity (Wildman–Crippen MR) is 90.6 cm³/mol. The lowest BCUT2D eigenvalue weighted by atomic mass is 10.0. The molecule has 0 aliphatic rings. The molecule has 0 saturated carbocycles. The van der Waals surface area contributed by atoms with Crippen LogP contribution in [0.1, 0.15) is 22.3 Å². The molecule has 1 N–H and O–H groups in total. The summed E-state index contributed by atoms with van der Waals surface area (Å²) in [5.41, 5.74) is 1.15. The third kappa shape index (κ3) is 4.46. The summed E-state index contributed by atoms with van der Waals surface area (Å²) in [5, 5.41) is 9.53. The van der Waals surface area contributed by atoms with Gasteiger partial charge in [0.1, 0.15) is 5.75 Å². The maximum Gasteiger partial charge on any atom is 0.170 e. The van der Waals surface area contributed by atoms with E-state index in [0.29, 0.717) is 22.6 Å². The monoisotopic (exact) mass is 326 g/mol. The molecule has 124 valence electrons. The van der Waals surface area contributed by atoms with Gasteiger partial charge in [-0.25, -0.2) is 0 Å². The second kappa shape index (κ2) is 7.97. The maximum atomic E-state index is 12.1. The fourth-order valence-electron chi connectivity index (χ4n) is 2.08. The summed E-state index contributed by atoms with van der Waals surface area (Å²) in [6.45, 7) is 0. The number of hydrogen-bond donors (Lipinski definition) is 1. The van der Waals surface area contributed by atoms with Crippen LogP contribution in [0.2, 0.25) is 0 Å². The first-order valence-corrected chi connectivity index (χ1v) is 7.28. The molecule has 0 saturated heterocycles.